The number of rotatable bonds is 6. The number of piperidine rings is 1. The van der Waals surface area contributed by atoms with Crippen LogP contribution in [-0.2, 0) is 4.74 Å². The lowest BCUT2D eigenvalue weighted by Gasteiger charge is -2.33. The van der Waals surface area contributed by atoms with Gasteiger partial charge in [0.05, 0.1) is 12.2 Å². The number of hydrogen-bond donors (Lipinski definition) is 1. The molecule has 1 aromatic carbocycles. The molecule has 1 unspecified atom stereocenters. The quantitative estimate of drug-likeness (QED) is 0.868. The Labute approximate surface area is 122 Å². The Hall–Kier alpha value is -0.900. The van der Waals surface area contributed by atoms with Crippen LogP contribution in [0.5, 0.6) is 0 Å². The molecule has 0 aliphatic carbocycles. The molecule has 1 aliphatic rings. The highest BCUT2D eigenvalue weighted by Crippen LogP contribution is 2.19. The molecule has 3 nitrogen and oxygen atoms in total. The van der Waals surface area contributed by atoms with Gasteiger partial charge in [-0.2, -0.15) is 0 Å². The van der Waals surface area contributed by atoms with Crippen molar-refractivity contribution in [1.29, 1.82) is 0 Å². The van der Waals surface area contributed by atoms with Crippen molar-refractivity contribution in [2.45, 2.75) is 38.9 Å². The fourth-order valence-corrected chi connectivity index (χ4v) is 2.61. The van der Waals surface area contributed by atoms with E-state index in [1.807, 2.05) is 30.3 Å². The van der Waals surface area contributed by atoms with Crippen molar-refractivity contribution in [3.8, 4) is 0 Å². The first-order chi connectivity index (χ1) is 9.65. The predicted octanol–water partition coefficient (Wildman–Crippen LogP) is 2.86. The molecule has 1 aliphatic heterocycles. The van der Waals surface area contributed by atoms with Crippen LogP contribution in [0.3, 0.4) is 0 Å². The maximum Gasteiger partial charge on any atom is 0.0916 e. The van der Waals surface area contributed by atoms with Crippen molar-refractivity contribution in [1.82, 2.24) is 4.90 Å². The van der Waals surface area contributed by atoms with Crippen LogP contribution >= 0.6 is 0 Å². The van der Waals surface area contributed by atoms with E-state index in [1.165, 1.54) is 0 Å². The number of ether oxygens (including phenoxy) is 1. The van der Waals surface area contributed by atoms with E-state index in [2.05, 4.69) is 18.7 Å². The van der Waals surface area contributed by atoms with Gasteiger partial charge in [-0.25, -0.2) is 0 Å². The molecule has 1 aromatic rings. The summed E-state index contributed by atoms with van der Waals surface area (Å²) in [5.41, 5.74) is 1.01. The maximum atomic E-state index is 10.2. The van der Waals surface area contributed by atoms with Gasteiger partial charge in [0.1, 0.15) is 0 Å². The summed E-state index contributed by atoms with van der Waals surface area (Å²) in [6.07, 6.45) is 2.18. The summed E-state index contributed by atoms with van der Waals surface area (Å²) in [5.74, 6) is 0.605. The molecule has 20 heavy (non-hydrogen) atoms. The van der Waals surface area contributed by atoms with Gasteiger partial charge in [-0.05, 0) is 24.3 Å². The first-order valence-electron chi connectivity index (χ1n) is 7.72. The van der Waals surface area contributed by atoms with Gasteiger partial charge in [0, 0.05) is 26.2 Å². The van der Waals surface area contributed by atoms with Gasteiger partial charge in [0.25, 0.3) is 0 Å². The first kappa shape index (κ1) is 15.5. The molecular weight excluding hydrogens is 250 g/mol. The summed E-state index contributed by atoms with van der Waals surface area (Å²) in [6, 6.07) is 9.91. The first-order valence-corrected chi connectivity index (χ1v) is 7.72. The van der Waals surface area contributed by atoms with Crippen LogP contribution in [-0.4, -0.2) is 42.4 Å². The van der Waals surface area contributed by atoms with Gasteiger partial charge >= 0.3 is 0 Å². The summed E-state index contributed by atoms with van der Waals surface area (Å²) in [7, 11) is 0. The largest absolute Gasteiger partial charge is 0.387 e. The van der Waals surface area contributed by atoms with Gasteiger partial charge in [-0.3, -0.25) is 0 Å². The molecule has 0 bridgehead atoms. The molecule has 0 aromatic heterocycles. The Morgan fingerprint density at radius 3 is 2.45 bits per heavy atom. The lowest BCUT2D eigenvalue weighted by molar-refractivity contribution is -0.0123. The molecule has 112 valence electrons. The Morgan fingerprint density at radius 1 is 1.20 bits per heavy atom. The maximum absolute atomic E-state index is 10.2. The summed E-state index contributed by atoms with van der Waals surface area (Å²) in [5, 5.41) is 10.2. The second-order valence-corrected chi connectivity index (χ2v) is 6.15. The van der Waals surface area contributed by atoms with E-state index < -0.39 is 0 Å². The van der Waals surface area contributed by atoms with Crippen molar-refractivity contribution in [3.63, 3.8) is 0 Å². The van der Waals surface area contributed by atoms with Crippen LogP contribution in [0.25, 0.3) is 0 Å². The summed E-state index contributed by atoms with van der Waals surface area (Å²) in [6.45, 7) is 7.99. The van der Waals surface area contributed by atoms with Crippen molar-refractivity contribution in [2.24, 2.45) is 5.92 Å². The molecule has 0 spiro atoms. The molecule has 1 heterocycles. The van der Waals surface area contributed by atoms with Crippen LogP contribution in [0, 0.1) is 5.92 Å². The minimum atomic E-state index is -0.385. The van der Waals surface area contributed by atoms with Crippen LogP contribution < -0.4 is 0 Å². The third-order valence-electron chi connectivity index (χ3n) is 3.82. The van der Waals surface area contributed by atoms with E-state index in [0.717, 1.165) is 44.6 Å². The topological polar surface area (TPSA) is 32.7 Å². The molecule has 2 rings (SSSR count). The van der Waals surface area contributed by atoms with E-state index >= 15 is 0 Å². The van der Waals surface area contributed by atoms with Crippen molar-refractivity contribution in [3.05, 3.63) is 35.9 Å². The molecule has 3 heteroatoms. The number of aliphatic hydroxyl groups excluding tert-OH is 1. The Balaban J connectivity index is 1.72. The number of benzene rings is 1. The smallest absolute Gasteiger partial charge is 0.0916 e. The van der Waals surface area contributed by atoms with Crippen LogP contribution in [0.1, 0.15) is 38.4 Å². The average Bonchev–Trinajstić information content (AvgIpc) is 2.47. The number of β-amino-alcohol motifs (C(OH)–C–C–N with tert-alkyl or cyclic N) is 1. The summed E-state index contributed by atoms with van der Waals surface area (Å²) >= 11 is 0. The van der Waals surface area contributed by atoms with Crippen molar-refractivity contribution in [2.75, 3.05) is 26.2 Å². The second-order valence-electron chi connectivity index (χ2n) is 6.15. The Kier molecular flexibility index (Phi) is 6.02. The zero-order chi connectivity index (χ0) is 14.4. The Bertz CT molecular complexity index is 372. The third-order valence-corrected chi connectivity index (χ3v) is 3.82. The lowest BCUT2D eigenvalue weighted by atomic mass is 10.0. The number of likely N-dealkylation sites (tertiary alicyclic amines) is 1. The van der Waals surface area contributed by atoms with Gasteiger partial charge < -0.3 is 14.7 Å². The van der Waals surface area contributed by atoms with E-state index in [0.29, 0.717) is 12.0 Å². The minimum Gasteiger partial charge on any atom is -0.387 e. The number of aliphatic hydroxyl groups is 1. The standard InChI is InChI=1S/C17H27NO2/c1-14(2)13-20-16-8-10-18(11-9-16)12-17(19)15-6-4-3-5-7-15/h3-7,14,16-17,19H,8-13H2,1-2H3. The van der Waals surface area contributed by atoms with Crippen molar-refractivity contribution < 1.29 is 9.84 Å². The van der Waals surface area contributed by atoms with E-state index in [1.54, 1.807) is 0 Å². The second kappa shape index (κ2) is 7.77. The zero-order valence-corrected chi connectivity index (χ0v) is 12.7. The monoisotopic (exact) mass is 277 g/mol. The normalized spacial score (nSPS) is 19.4. The summed E-state index contributed by atoms with van der Waals surface area (Å²) < 4.78 is 5.89. The highest BCUT2D eigenvalue weighted by atomic mass is 16.5. The molecule has 0 radical (unpaired) electrons. The Morgan fingerprint density at radius 2 is 1.85 bits per heavy atom. The van der Waals surface area contributed by atoms with Crippen molar-refractivity contribution >= 4 is 0 Å². The molecule has 0 saturated carbocycles. The molecule has 0 amide bonds. The third kappa shape index (κ3) is 4.89. The van der Waals surface area contributed by atoms with Gasteiger partial charge in [0.2, 0.25) is 0 Å². The molecule has 1 fully saturated rings. The molecular formula is C17H27NO2. The average molecular weight is 277 g/mol. The minimum absolute atomic E-state index is 0.385. The van der Waals surface area contributed by atoms with Gasteiger partial charge in [-0.15, -0.1) is 0 Å². The van der Waals surface area contributed by atoms with Gasteiger partial charge in [-0.1, -0.05) is 44.2 Å². The van der Waals surface area contributed by atoms with Crippen LogP contribution in [0.4, 0.5) is 0 Å². The number of nitrogens with zero attached hydrogens (tertiary/aromatic N) is 1. The lowest BCUT2D eigenvalue weighted by Crippen LogP contribution is -2.39. The van der Waals surface area contributed by atoms with Crippen LogP contribution in [0.15, 0.2) is 30.3 Å². The highest BCUT2D eigenvalue weighted by molar-refractivity contribution is 5.17. The van der Waals surface area contributed by atoms with Gasteiger partial charge in [0.15, 0.2) is 0 Å². The zero-order valence-electron chi connectivity index (χ0n) is 12.7. The van der Waals surface area contributed by atoms with E-state index in [4.69, 9.17) is 4.74 Å². The fraction of sp³-hybridized carbons (Fsp3) is 0.647. The summed E-state index contributed by atoms with van der Waals surface area (Å²) in [4.78, 5) is 2.34. The van der Waals surface area contributed by atoms with E-state index in [-0.39, 0.29) is 6.10 Å². The molecule has 1 N–H and O–H groups in total. The van der Waals surface area contributed by atoms with Crippen LogP contribution in [0.2, 0.25) is 0 Å². The predicted molar refractivity (Wildman–Crippen MR) is 81.7 cm³/mol. The highest BCUT2D eigenvalue weighted by Gasteiger charge is 2.22. The molecule has 1 saturated heterocycles. The van der Waals surface area contributed by atoms with E-state index in [9.17, 15) is 5.11 Å². The fourth-order valence-electron chi connectivity index (χ4n) is 2.61. The number of hydrogen-bond acceptors (Lipinski definition) is 3. The SMILES string of the molecule is CC(C)COC1CCN(CC(O)c2ccccc2)CC1. The molecule has 1 atom stereocenters.